The SMILES string of the molecule is CN(C)CCOc1cc(-c2ncc(-c3ccccn3)o2)nc(-c2ncc(-c3ccccn3)o2)c1. The first-order valence-electron chi connectivity index (χ1n) is 10.7. The van der Waals surface area contributed by atoms with Crippen LogP contribution in [0.4, 0.5) is 0 Å². The molecule has 0 amide bonds. The second kappa shape index (κ2) is 9.63. The maximum atomic E-state index is 5.98. The van der Waals surface area contributed by atoms with Gasteiger partial charge in [-0.3, -0.25) is 9.97 Å². The largest absolute Gasteiger partial charge is 0.492 e. The van der Waals surface area contributed by atoms with E-state index in [-0.39, 0.29) is 0 Å². The third kappa shape index (κ3) is 4.84. The number of oxazole rings is 2. The standard InChI is InChI=1S/C25H22N6O3/c1-31(2)11-12-32-17-13-20(24-28-15-22(33-24)18-7-3-5-9-26-18)30-21(14-17)25-29-16-23(34-25)19-8-4-6-10-27-19/h3-10,13-16H,11-12H2,1-2H3. The molecule has 0 saturated carbocycles. The second-order valence-corrected chi connectivity index (χ2v) is 7.71. The van der Waals surface area contributed by atoms with Crippen LogP contribution in [0.25, 0.3) is 46.1 Å². The van der Waals surface area contributed by atoms with Crippen LogP contribution in [0.5, 0.6) is 5.75 Å². The summed E-state index contributed by atoms with van der Waals surface area (Å²) in [5.74, 6) is 2.39. The molecule has 0 aliphatic heterocycles. The van der Waals surface area contributed by atoms with Crippen LogP contribution < -0.4 is 4.74 Å². The zero-order valence-electron chi connectivity index (χ0n) is 18.8. The maximum absolute atomic E-state index is 5.98. The second-order valence-electron chi connectivity index (χ2n) is 7.71. The smallest absolute Gasteiger partial charge is 0.245 e. The molecule has 0 aromatic carbocycles. The number of aromatic nitrogens is 5. The summed E-state index contributed by atoms with van der Waals surface area (Å²) in [5.41, 5.74) is 2.37. The fourth-order valence-corrected chi connectivity index (χ4v) is 3.19. The highest BCUT2D eigenvalue weighted by molar-refractivity contribution is 5.63. The van der Waals surface area contributed by atoms with Gasteiger partial charge in [0.05, 0.1) is 12.4 Å². The van der Waals surface area contributed by atoms with E-state index in [2.05, 4.69) is 24.9 Å². The monoisotopic (exact) mass is 454 g/mol. The third-order valence-corrected chi connectivity index (χ3v) is 4.89. The van der Waals surface area contributed by atoms with Gasteiger partial charge in [0.2, 0.25) is 11.8 Å². The summed E-state index contributed by atoms with van der Waals surface area (Å²) in [7, 11) is 3.98. The molecule has 5 rings (SSSR count). The summed E-state index contributed by atoms with van der Waals surface area (Å²) in [5, 5.41) is 0. The number of ether oxygens (including phenoxy) is 1. The van der Waals surface area contributed by atoms with Crippen molar-refractivity contribution < 1.29 is 13.6 Å². The predicted octanol–water partition coefficient (Wildman–Crippen LogP) is 4.46. The molecule has 0 atom stereocenters. The molecule has 9 heteroatoms. The van der Waals surface area contributed by atoms with Crippen molar-refractivity contribution >= 4 is 0 Å². The van der Waals surface area contributed by atoms with E-state index in [0.717, 1.165) is 6.54 Å². The molecule has 0 unspecified atom stereocenters. The summed E-state index contributed by atoms with van der Waals surface area (Å²) in [6, 6.07) is 14.8. The van der Waals surface area contributed by atoms with E-state index >= 15 is 0 Å². The lowest BCUT2D eigenvalue weighted by atomic mass is 10.2. The van der Waals surface area contributed by atoms with E-state index in [4.69, 9.17) is 13.6 Å². The van der Waals surface area contributed by atoms with Crippen LogP contribution in [0.3, 0.4) is 0 Å². The Hall–Kier alpha value is -4.37. The molecule has 34 heavy (non-hydrogen) atoms. The van der Waals surface area contributed by atoms with Gasteiger partial charge in [0.1, 0.15) is 35.1 Å². The van der Waals surface area contributed by atoms with E-state index in [0.29, 0.717) is 58.4 Å². The lowest BCUT2D eigenvalue weighted by molar-refractivity contribution is 0.261. The molecule has 0 spiro atoms. The average Bonchev–Trinajstić information content (AvgIpc) is 3.56. The van der Waals surface area contributed by atoms with Gasteiger partial charge in [-0.2, -0.15) is 0 Å². The molecule has 0 bridgehead atoms. The Morgan fingerprint density at radius 1 is 0.735 bits per heavy atom. The van der Waals surface area contributed by atoms with Crippen molar-refractivity contribution in [3.8, 4) is 51.8 Å². The molecular formula is C25H22N6O3. The maximum Gasteiger partial charge on any atom is 0.245 e. The van der Waals surface area contributed by atoms with Crippen molar-refractivity contribution in [1.82, 2.24) is 29.8 Å². The molecule has 5 aromatic heterocycles. The van der Waals surface area contributed by atoms with Gasteiger partial charge in [-0.05, 0) is 38.4 Å². The molecule has 9 nitrogen and oxygen atoms in total. The molecule has 0 N–H and O–H groups in total. The minimum absolute atomic E-state index is 0.344. The van der Waals surface area contributed by atoms with Crippen LogP contribution in [0.2, 0.25) is 0 Å². The van der Waals surface area contributed by atoms with Crippen LogP contribution in [0.1, 0.15) is 0 Å². The van der Waals surface area contributed by atoms with Crippen molar-refractivity contribution in [2.45, 2.75) is 0 Å². The Morgan fingerprint density at radius 2 is 1.29 bits per heavy atom. The van der Waals surface area contributed by atoms with Crippen molar-refractivity contribution in [1.29, 1.82) is 0 Å². The first-order valence-corrected chi connectivity index (χ1v) is 10.7. The Bertz CT molecular complexity index is 1270. The van der Waals surface area contributed by atoms with Gasteiger partial charge in [-0.15, -0.1) is 0 Å². The number of rotatable bonds is 8. The van der Waals surface area contributed by atoms with Gasteiger partial charge in [0, 0.05) is 31.1 Å². The summed E-state index contributed by atoms with van der Waals surface area (Å²) in [6.45, 7) is 1.27. The highest BCUT2D eigenvalue weighted by Crippen LogP contribution is 2.31. The van der Waals surface area contributed by atoms with Crippen LogP contribution in [-0.4, -0.2) is 57.1 Å². The van der Waals surface area contributed by atoms with E-state index in [1.54, 1.807) is 36.9 Å². The van der Waals surface area contributed by atoms with Crippen LogP contribution in [0.15, 0.2) is 82.2 Å². The topological polar surface area (TPSA) is 103 Å². The van der Waals surface area contributed by atoms with Gasteiger partial charge < -0.3 is 18.5 Å². The Labute approximate surface area is 196 Å². The van der Waals surface area contributed by atoms with Gasteiger partial charge in [0.15, 0.2) is 11.5 Å². The number of pyridine rings is 3. The van der Waals surface area contributed by atoms with Crippen molar-refractivity contribution in [3.63, 3.8) is 0 Å². The van der Waals surface area contributed by atoms with Crippen LogP contribution in [-0.2, 0) is 0 Å². The molecule has 0 fully saturated rings. The predicted molar refractivity (Wildman–Crippen MR) is 126 cm³/mol. The fourth-order valence-electron chi connectivity index (χ4n) is 3.19. The first kappa shape index (κ1) is 21.5. The minimum Gasteiger partial charge on any atom is -0.492 e. The molecule has 5 aromatic rings. The summed E-state index contributed by atoms with van der Waals surface area (Å²) >= 11 is 0. The molecule has 0 saturated heterocycles. The normalized spacial score (nSPS) is 11.1. The highest BCUT2D eigenvalue weighted by Gasteiger charge is 2.17. The molecule has 0 radical (unpaired) electrons. The lowest BCUT2D eigenvalue weighted by Gasteiger charge is -2.12. The third-order valence-electron chi connectivity index (χ3n) is 4.89. The quantitative estimate of drug-likeness (QED) is 0.336. The molecule has 5 heterocycles. The summed E-state index contributed by atoms with van der Waals surface area (Å²) in [4.78, 5) is 24.2. The van der Waals surface area contributed by atoms with E-state index in [1.807, 2.05) is 55.4 Å². The summed E-state index contributed by atoms with van der Waals surface area (Å²) < 4.78 is 17.9. The summed E-state index contributed by atoms with van der Waals surface area (Å²) in [6.07, 6.45) is 6.66. The van der Waals surface area contributed by atoms with Crippen LogP contribution >= 0.6 is 0 Å². The molecular weight excluding hydrogens is 432 g/mol. The average molecular weight is 454 g/mol. The minimum atomic E-state index is 0.344. The highest BCUT2D eigenvalue weighted by atomic mass is 16.5. The van der Waals surface area contributed by atoms with Crippen molar-refractivity contribution in [2.75, 3.05) is 27.2 Å². The van der Waals surface area contributed by atoms with Crippen LogP contribution in [0, 0.1) is 0 Å². The number of hydrogen-bond acceptors (Lipinski definition) is 9. The van der Waals surface area contributed by atoms with Gasteiger partial charge in [-0.1, -0.05) is 12.1 Å². The van der Waals surface area contributed by atoms with E-state index < -0.39 is 0 Å². The van der Waals surface area contributed by atoms with Gasteiger partial charge in [0.25, 0.3) is 0 Å². The van der Waals surface area contributed by atoms with E-state index in [1.165, 1.54) is 0 Å². The first-order chi connectivity index (χ1) is 16.7. The van der Waals surface area contributed by atoms with E-state index in [9.17, 15) is 0 Å². The lowest BCUT2D eigenvalue weighted by Crippen LogP contribution is -2.19. The van der Waals surface area contributed by atoms with Crippen molar-refractivity contribution in [2.24, 2.45) is 0 Å². The fraction of sp³-hybridized carbons (Fsp3) is 0.160. The molecule has 170 valence electrons. The molecule has 0 aliphatic rings. The zero-order chi connectivity index (χ0) is 23.3. The Morgan fingerprint density at radius 3 is 1.76 bits per heavy atom. The Balaban J connectivity index is 1.50. The molecule has 0 aliphatic carbocycles. The Kier molecular flexibility index (Phi) is 6.09. The number of hydrogen-bond donors (Lipinski definition) is 0. The zero-order valence-corrected chi connectivity index (χ0v) is 18.8. The number of likely N-dealkylation sites (N-methyl/N-ethyl adjacent to an activating group) is 1. The van der Waals surface area contributed by atoms with Gasteiger partial charge in [-0.25, -0.2) is 15.0 Å². The number of nitrogens with zero attached hydrogens (tertiary/aromatic N) is 6. The van der Waals surface area contributed by atoms with Crippen molar-refractivity contribution in [3.05, 3.63) is 73.3 Å². The van der Waals surface area contributed by atoms with Gasteiger partial charge >= 0.3 is 0 Å².